The van der Waals surface area contributed by atoms with E-state index in [9.17, 15) is 0 Å². The first-order chi connectivity index (χ1) is 8.22. The molecule has 0 amide bonds. The van der Waals surface area contributed by atoms with E-state index in [4.69, 9.17) is 4.74 Å². The first kappa shape index (κ1) is 14.2. The summed E-state index contributed by atoms with van der Waals surface area (Å²) in [5.74, 6) is 0. The van der Waals surface area contributed by atoms with E-state index in [1.807, 2.05) is 0 Å². The normalized spacial score (nSPS) is 14.6. The highest BCUT2D eigenvalue weighted by Gasteiger charge is 2.21. The van der Waals surface area contributed by atoms with Crippen molar-refractivity contribution in [1.82, 2.24) is 5.32 Å². The average molecular weight is 235 g/mol. The molecule has 96 valence electrons. The fourth-order valence-electron chi connectivity index (χ4n) is 2.21. The summed E-state index contributed by atoms with van der Waals surface area (Å²) in [6.07, 6.45) is 1.28. The van der Waals surface area contributed by atoms with Crippen LogP contribution in [0.4, 0.5) is 0 Å². The van der Waals surface area contributed by atoms with E-state index in [0.29, 0.717) is 6.04 Å². The average Bonchev–Trinajstić information content (AvgIpc) is 2.33. The lowest BCUT2D eigenvalue weighted by molar-refractivity contribution is 0.0318. The molecule has 0 aliphatic carbocycles. The van der Waals surface area contributed by atoms with Crippen molar-refractivity contribution in [2.75, 3.05) is 13.2 Å². The first-order valence-corrected chi connectivity index (χ1v) is 6.64. The van der Waals surface area contributed by atoms with Gasteiger partial charge in [-0.15, -0.1) is 0 Å². The summed E-state index contributed by atoms with van der Waals surface area (Å²) < 4.78 is 5.84. The van der Waals surface area contributed by atoms with Gasteiger partial charge in [0.15, 0.2) is 0 Å². The molecule has 17 heavy (non-hydrogen) atoms. The van der Waals surface area contributed by atoms with E-state index in [-0.39, 0.29) is 6.10 Å². The quantitative estimate of drug-likeness (QED) is 0.781. The summed E-state index contributed by atoms with van der Waals surface area (Å²) in [5.41, 5.74) is 2.63. The molecule has 1 aromatic carbocycles. The maximum atomic E-state index is 5.84. The molecule has 1 aromatic rings. The maximum absolute atomic E-state index is 5.84. The number of ether oxygens (including phenoxy) is 1. The molecular formula is C15H25NO. The molecule has 0 aromatic heterocycles. The molecule has 0 bridgehead atoms. The standard InChI is InChI=1S/C15H25NO/c1-5-14(17-7-3)15(16-6-2)13-10-8-9-12(4)11-13/h8-11,14-16H,5-7H2,1-4H3. The van der Waals surface area contributed by atoms with Gasteiger partial charge in [0.2, 0.25) is 0 Å². The second kappa shape index (κ2) is 7.46. The lowest BCUT2D eigenvalue weighted by Crippen LogP contribution is -2.33. The Morgan fingerprint density at radius 3 is 2.53 bits per heavy atom. The largest absolute Gasteiger partial charge is 0.377 e. The molecule has 0 fully saturated rings. The number of nitrogens with one attached hydrogen (secondary N) is 1. The third-order valence-corrected chi connectivity index (χ3v) is 2.98. The topological polar surface area (TPSA) is 21.3 Å². The fourth-order valence-corrected chi connectivity index (χ4v) is 2.21. The Bertz CT molecular complexity index is 324. The van der Waals surface area contributed by atoms with Crippen molar-refractivity contribution in [2.24, 2.45) is 0 Å². The number of rotatable bonds is 7. The van der Waals surface area contributed by atoms with Crippen molar-refractivity contribution in [1.29, 1.82) is 0 Å². The first-order valence-electron chi connectivity index (χ1n) is 6.64. The molecule has 0 aliphatic heterocycles. The molecule has 0 aliphatic rings. The van der Waals surface area contributed by atoms with E-state index < -0.39 is 0 Å². The Labute approximate surface area is 105 Å². The molecule has 1 rings (SSSR count). The molecule has 2 unspecified atom stereocenters. The SMILES string of the molecule is CCNC(c1cccc(C)c1)C(CC)OCC. The Morgan fingerprint density at radius 2 is 2.00 bits per heavy atom. The van der Waals surface area contributed by atoms with Crippen LogP contribution in [-0.2, 0) is 4.74 Å². The highest BCUT2D eigenvalue weighted by atomic mass is 16.5. The molecule has 2 nitrogen and oxygen atoms in total. The van der Waals surface area contributed by atoms with Crippen LogP contribution in [-0.4, -0.2) is 19.3 Å². The summed E-state index contributed by atoms with van der Waals surface area (Å²) in [4.78, 5) is 0. The third-order valence-electron chi connectivity index (χ3n) is 2.98. The highest BCUT2D eigenvalue weighted by molar-refractivity contribution is 5.26. The molecule has 2 atom stereocenters. The minimum Gasteiger partial charge on any atom is -0.377 e. The lowest BCUT2D eigenvalue weighted by atomic mass is 9.98. The molecule has 2 heteroatoms. The van der Waals surface area contributed by atoms with Gasteiger partial charge in [0.05, 0.1) is 12.1 Å². The van der Waals surface area contributed by atoms with E-state index >= 15 is 0 Å². The maximum Gasteiger partial charge on any atom is 0.0766 e. The van der Waals surface area contributed by atoms with Crippen molar-refractivity contribution in [2.45, 2.75) is 46.3 Å². The van der Waals surface area contributed by atoms with Crippen LogP contribution in [0.2, 0.25) is 0 Å². The van der Waals surface area contributed by atoms with E-state index in [0.717, 1.165) is 19.6 Å². The second-order valence-corrected chi connectivity index (χ2v) is 4.35. The fraction of sp³-hybridized carbons (Fsp3) is 0.600. The van der Waals surface area contributed by atoms with Crippen LogP contribution in [0.5, 0.6) is 0 Å². The zero-order valence-electron chi connectivity index (χ0n) is 11.5. The summed E-state index contributed by atoms with van der Waals surface area (Å²) >= 11 is 0. The minimum absolute atomic E-state index is 0.252. The van der Waals surface area contributed by atoms with Crippen molar-refractivity contribution >= 4 is 0 Å². The van der Waals surface area contributed by atoms with Gasteiger partial charge in [0.25, 0.3) is 0 Å². The van der Waals surface area contributed by atoms with Crippen LogP contribution in [0.15, 0.2) is 24.3 Å². The molecule has 0 saturated carbocycles. The van der Waals surface area contributed by atoms with Crippen LogP contribution in [0.1, 0.15) is 44.4 Å². The van der Waals surface area contributed by atoms with Crippen LogP contribution < -0.4 is 5.32 Å². The van der Waals surface area contributed by atoms with Gasteiger partial charge in [0, 0.05) is 6.61 Å². The molecule has 0 heterocycles. The monoisotopic (exact) mass is 235 g/mol. The molecule has 1 N–H and O–H groups in total. The Balaban J connectivity index is 2.90. The smallest absolute Gasteiger partial charge is 0.0766 e. The number of benzene rings is 1. The van der Waals surface area contributed by atoms with Crippen molar-refractivity contribution in [3.63, 3.8) is 0 Å². The Kier molecular flexibility index (Phi) is 6.23. The minimum atomic E-state index is 0.252. The van der Waals surface area contributed by atoms with E-state index in [2.05, 4.69) is 57.3 Å². The summed E-state index contributed by atoms with van der Waals surface area (Å²) in [6, 6.07) is 8.98. The van der Waals surface area contributed by atoms with Crippen LogP contribution in [0.25, 0.3) is 0 Å². The van der Waals surface area contributed by atoms with Gasteiger partial charge in [-0.3, -0.25) is 0 Å². The van der Waals surface area contributed by atoms with Crippen LogP contribution in [0.3, 0.4) is 0 Å². The third kappa shape index (κ3) is 4.14. The van der Waals surface area contributed by atoms with Gasteiger partial charge >= 0.3 is 0 Å². The van der Waals surface area contributed by atoms with Crippen molar-refractivity contribution in [3.05, 3.63) is 35.4 Å². The summed E-state index contributed by atoms with van der Waals surface area (Å²) in [7, 11) is 0. The van der Waals surface area contributed by atoms with Gasteiger partial charge < -0.3 is 10.1 Å². The lowest BCUT2D eigenvalue weighted by Gasteiger charge is -2.27. The van der Waals surface area contributed by atoms with Gasteiger partial charge in [-0.2, -0.15) is 0 Å². The number of hydrogen-bond donors (Lipinski definition) is 1. The van der Waals surface area contributed by atoms with Gasteiger partial charge in [-0.1, -0.05) is 43.7 Å². The second-order valence-electron chi connectivity index (χ2n) is 4.35. The Morgan fingerprint density at radius 1 is 1.24 bits per heavy atom. The van der Waals surface area contributed by atoms with Gasteiger partial charge in [-0.05, 0) is 32.4 Å². The molecule has 0 saturated heterocycles. The number of aryl methyl sites for hydroxylation is 1. The number of likely N-dealkylation sites (N-methyl/N-ethyl adjacent to an activating group) is 1. The van der Waals surface area contributed by atoms with Crippen molar-refractivity contribution in [3.8, 4) is 0 Å². The van der Waals surface area contributed by atoms with Crippen LogP contribution in [0, 0.1) is 6.92 Å². The van der Waals surface area contributed by atoms with Crippen LogP contribution >= 0.6 is 0 Å². The predicted molar refractivity (Wildman–Crippen MR) is 73.3 cm³/mol. The van der Waals surface area contributed by atoms with Gasteiger partial charge in [-0.25, -0.2) is 0 Å². The zero-order chi connectivity index (χ0) is 12.7. The van der Waals surface area contributed by atoms with Gasteiger partial charge in [0.1, 0.15) is 0 Å². The summed E-state index contributed by atoms with van der Waals surface area (Å²) in [5, 5.41) is 3.54. The van der Waals surface area contributed by atoms with Crippen molar-refractivity contribution < 1.29 is 4.74 Å². The van der Waals surface area contributed by atoms with E-state index in [1.165, 1.54) is 11.1 Å². The Hall–Kier alpha value is -0.860. The predicted octanol–water partition coefficient (Wildman–Crippen LogP) is 3.46. The molecule has 0 radical (unpaired) electrons. The molecular weight excluding hydrogens is 210 g/mol. The van der Waals surface area contributed by atoms with E-state index in [1.54, 1.807) is 0 Å². The summed E-state index contributed by atoms with van der Waals surface area (Å²) in [6.45, 7) is 10.2. The highest BCUT2D eigenvalue weighted by Crippen LogP contribution is 2.22. The zero-order valence-corrected chi connectivity index (χ0v) is 11.5. The number of hydrogen-bond acceptors (Lipinski definition) is 2. The molecule has 0 spiro atoms.